The van der Waals surface area contributed by atoms with Crippen molar-refractivity contribution in [2.24, 2.45) is 17.2 Å². The number of aryl methyl sites for hydroxylation is 3. The second-order valence-corrected chi connectivity index (χ2v) is 16.1. The minimum absolute atomic E-state index is 0.00258. The Morgan fingerprint density at radius 3 is 2.14 bits per heavy atom. The van der Waals surface area contributed by atoms with E-state index >= 15 is 0 Å². The predicted molar refractivity (Wildman–Crippen MR) is 249 cm³/mol. The number of hydrogen-bond donors (Lipinski definition) is 7. The van der Waals surface area contributed by atoms with Crippen LogP contribution in [0, 0.1) is 25.2 Å². The lowest BCUT2D eigenvalue weighted by Crippen LogP contribution is -2.56. The van der Waals surface area contributed by atoms with Crippen LogP contribution in [0.15, 0.2) is 60.7 Å². The second-order valence-electron chi connectivity index (χ2n) is 16.1. The number of likely N-dealkylation sites (N-methyl/N-ethyl adjacent to an activating group) is 1. The van der Waals surface area contributed by atoms with E-state index in [9.17, 15) is 24.0 Å². The first-order valence-corrected chi connectivity index (χ1v) is 22.2. The highest BCUT2D eigenvalue weighted by molar-refractivity contribution is 6.00. The minimum Gasteiger partial charge on any atom is -0.492 e. The summed E-state index contributed by atoms with van der Waals surface area (Å²) in [4.78, 5) is 81.0. The van der Waals surface area contributed by atoms with Crippen LogP contribution in [-0.4, -0.2) is 109 Å². The van der Waals surface area contributed by atoms with E-state index < -0.39 is 53.7 Å². The highest BCUT2D eigenvalue weighted by Gasteiger charge is 2.36. The number of amides is 5. The predicted octanol–water partition coefficient (Wildman–Crippen LogP) is 2.28. The number of nitrogens with two attached hydrogens (primary N) is 3. The van der Waals surface area contributed by atoms with Crippen LogP contribution in [0.1, 0.15) is 77.6 Å². The van der Waals surface area contributed by atoms with Crippen molar-refractivity contribution < 1.29 is 33.4 Å². The lowest BCUT2D eigenvalue weighted by Gasteiger charge is -2.32. The fourth-order valence-corrected chi connectivity index (χ4v) is 7.74. The maximum Gasteiger partial charge on any atom is 0.255 e. The van der Waals surface area contributed by atoms with Crippen molar-refractivity contribution in [1.29, 1.82) is 5.26 Å². The van der Waals surface area contributed by atoms with Crippen LogP contribution in [0.4, 0.5) is 0 Å². The summed E-state index contributed by atoms with van der Waals surface area (Å²) in [5.74, 6) is -2.10. The molecular weight excluding hydrogens is 843 g/mol. The van der Waals surface area contributed by atoms with Gasteiger partial charge in [0, 0.05) is 43.2 Å². The van der Waals surface area contributed by atoms with Crippen molar-refractivity contribution in [2.45, 2.75) is 84.0 Å². The average molecular weight is 904 g/mol. The zero-order valence-corrected chi connectivity index (χ0v) is 38.2. The third-order valence-electron chi connectivity index (χ3n) is 11.1. The van der Waals surface area contributed by atoms with Crippen LogP contribution >= 0.6 is 0 Å². The number of unbranched alkanes of at least 4 members (excludes halogenated alkanes) is 1. The molecule has 2 heterocycles. The molecule has 66 heavy (non-hydrogen) atoms. The van der Waals surface area contributed by atoms with Crippen molar-refractivity contribution in [1.82, 2.24) is 36.1 Å². The van der Waals surface area contributed by atoms with E-state index in [2.05, 4.69) is 38.2 Å². The van der Waals surface area contributed by atoms with Crippen molar-refractivity contribution in [3.05, 3.63) is 94.3 Å². The number of nitriles is 1. The number of carbonyl (C=O) groups is 5. The van der Waals surface area contributed by atoms with E-state index in [1.54, 1.807) is 50.2 Å². The zero-order valence-electron chi connectivity index (χ0n) is 38.2. The van der Waals surface area contributed by atoms with Gasteiger partial charge in [-0.15, -0.1) is 0 Å². The molecule has 3 aromatic carbocycles. The molecule has 0 unspecified atom stereocenters. The highest BCUT2D eigenvalue weighted by Crippen LogP contribution is 2.40. The molecule has 4 atom stereocenters. The van der Waals surface area contributed by atoms with E-state index in [1.165, 1.54) is 24.4 Å². The molecule has 0 fully saturated rings. The first kappa shape index (κ1) is 50.1. The number of nitrogens with zero attached hydrogens (tertiary/aromatic N) is 4. The highest BCUT2D eigenvalue weighted by atomic mass is 16.5. The van der Waals surface area contributed by atoms with Gasteiger partial charge >= 0.3 is 0 Å². The quantitative estimate of drug-likeness (QED) is 0.0707. The molecule has 5 amide bonds. The third-order valence-corrected chi connectivity index (χ3v) is 11.1. The summed E-state index contributed by atoms with van der Waals surface area (Å²) < 4.78 is 12.2. The van der Waals surface area contributed by atoms with Crippen molar-refractivity contribution in [3.63, 3.8) is 0 Å². The number of rotatable bonds is 18. The molecule has 4 aromatic rings. The van der Waals surface area contributed by atoms with E-state index in [1.807, 2.05) is 30.3 Å². The largest absolute Gasteiger partial charge is 0.492 e. The number of aromatic nitrogens is 2. The molecule has 4 bridgehead atoms. The van der Waals surface area contributed by atoms with Crippen LogP contribution in [-0.2, 0) is 32.0 Å². The summed E-state index contributed by atoms with van der Waals surface area (Å²) >= 11 is 0. The zero-order chi connectivity index (χ0) is 47.9. The first-order valence-electron chi connectivity index (χ1n) is 22.2. The van der Waals surface area contributed by atoms with Crippen LogP contribution in [0.5, 0.6) is 11.5 Å². The van der Waals surface area contributed by atoms with Crippen LogP contribution in [0.2, 0.25) is 0 Å². The number of hydrogen-bond acceptors (Lipinski definition) is 13. The Morgan fingerprint density at radius 1 is 0.894 bits per heavy atom. The fourth-order valence-electron chi connectivity index (χ4n) is 7.74. The van der Waals surface area contributed by atoms with Gasteiger partial charge in [-0.3, -0.25) is 24.0 Å². The minimum atomic E-state index is -1.40. The number of fused-ring (bicyclic) bond motifs is 5. The number of ether oxygens (including phenoxy) is 2. The maximum absolute atomic E-state index is 14.7. The van der Waals surface area contributed by atoms with Gasteiger partial charge in [0.25, 0.3) is 5.91 Å². The monoisotopic (exact) mass is 903 g/mol. The molecule has 350 valence electrons. The summed E-state index contributed by atoms with van der Waals surface area (Å²) in [6.45, 7) is 7.37. The Hall–Kier alpha value is -6.94. The average Bonchev–Trinajstić information content (AvgIpc) is 3.30. The normalized spacial score (nSPS) is 16.4. The summed E-state index contributed by atoms with van der Waals surface area (Å²) in [5, 5.41) is 19.9. The fraction of sp³-hybridized carbons (Fsp3) is 0.417. The van der Waals surface area contributed by atoms with Gasteiger partial charge in [-0.25, -0.2) is 9.97 Å². The van der Waals surface area contributed by atoms with Gasteiger partial charge in [0.1, 0.15) is 55.4 Å². The van der Waals surface area contributed by atoms with E-state index in [4.69, 9.17) is 31.9 Å². The molecule has 18 nitrogen and oxygen atoms in total. The van der Waals surface area contributed by atoms with Gasteiger partial charge in [-0.05, 0) is 87.5 Å². The van der Waals surface area contributed by atoms with Crippen LogP contribution < -0.4 is 47.9 Å². The number of benzene rings is 3. The molecule has 0 aliphatic carbocycles. The SMILES string of the molecule is CCCCc1ccc(-c2nc(C)c(C(=O)N[C@@H](CCN)C(=O)N(C)[C@@H]3C(=O)N[C@@H](C)C(=O)N[C@H](C(=O)NCC#N)Cc4ccc(OCCN)c(c4)-c4cc3ccc4OCCN)c(C)n2)cc1. The molecule has 1 aromatic heterocycles. The van der Waals surface area contributed by atoms with Crippen molar-refractivity contribution >= 4 is 29.5 Å². The molecule has 1 aliphatic rings. The number of nitrogens with one attached hydrogen (secondary N) is 4. The van der Waals surface area contributed by atoms with Gasteiger partial charge in [0.05, 0.1) is 23.0 Å². The van der Waals surface area contributed by atoms with Gasteiger partial charge in [-0.2, -0.15) is 5.26 Å². The molecule has 10 N–H and O–H groups in total. The van der Waals surface area contributed by atoms with Crippen molar-refractivity contribution in [3.8, 4) is 40.1 Å². The number of carbonyl (C=O) groups excluding carboxylic acids is 5. The van der Waals surface area contributed by atoms with E-state index in [0.717, 1.165) is 24.8 Å². The molecule has 1 aliphatic heterocycles. The summed E-state index contributed by atoms with van der Waals surface area (Å²) in [6, 6.07) is 15.1. The molecule has 0 spiro atoms. The van der Waals surface area contributed by atoms with E-state index in [-0.39, 0.29) is 57.8 Å². The van der Waals surface area contributed by atoms with Gasteiger partial charge in [0.15, 0.2) is 5.82 Å². The standard InChI is InChI=1S/C48H61N11O7/c1-6-7-8-31-9-12-33(13-10-31)43-54-28(2)41(29(3)55-43)46(62)57-37(17-18-49)48(64)59(5)42-34-14-16-40(66-24-21-52)36(27-34)35-25-32(11-15-39(35)65-23-20-51)26-38(45(61)53-22-19-50)58-44(60)30(4)56-47(42)63/h9-16,25,27,30,37-38,42H,6-8,17-18,20-24,26,49,51-52H2,1-5H3,(H,53,61)(H,56,63)(H,57,62)(H,58,60)/t30-,37-,38-,42-/m0/s1. The van der Waals surface area contributed by atoms with Gasteiger partial charge < -0.3 is 52.8 Å². The molecular formula is C48H61N11O7. The van der Waals surface area contributed by atoms with Gasteiger partial charge in [-0.1, -0.05) is 49.7 Å². The van der Waals surface area contributed by atoms with Gasteiger partial charge in [0.2, 0.25) is 23.6 Å². The molecule has 0 saturated heterocycles. The summed E-state index contributed by atoms with van der Waals surface area (Å²) in [6.07, 6.45) is 3.16. The Kier molecular flexibility index (Phi) is 18.1. The molecule has 0 saturated carbocycles. The smallest absolute Gasteiger partial charge is 0.255 e. The Labute approximate surface area is 385 Å². The van der Waals surface area contributed by atoms with Crippen molar-refractivity contribution in [2.75, 3.05) is 46.4 Å². The maximum atomic E-state index is 14.7. The first-order chi connectivity index (χ1) is 31.7. The summed E-state index contributed by atoms with van der Waals surface area (Å²) in [5.41, 5.74) is 22.6. The molecule has 0 radical (unpaired) electrons. The topological polar surface area (TPSA) is 283 Å². The molecule has 5 rings (SSSR count). The lowest BCUT2D eigenvalue weighted by atomic mass is 9.93. The van der Waals surface area contributed by atoms with Crippen LogP contribution in [0.25, 0.3) is 22.5 Å². The Balaban J connectivity index is 1.56. The summed E-state index contributed by atoms with van der Waals surface area (Å²) in [7, 11) is 1.42. The molecule has 18 heteroatoms. The van der Waals surface area contributed by atoms with E-state index in [0.29, 0.717) is 51.0 Å². The van der Waals surface area contributed by atoms with Crippen LogP contribution in [0.3, 0.4) is 0 Å². The lowest BCUT2D eigenvalue weighted by molar-refractivity contribution is -0.141. The Bertz CT molecular complexity index is 2400. The Morgan fingerprint density at radius 2 is 1.53 bits per heavy atom. The third kappa shape index (κ3) is 12.4. The second kappa shape index (κ2) is 23.8.